The molecule has 4 heteroatoms. The third-order valence-corrected chi connectivity index (χ3v) is 5.07. The summed E-state index contributed by atoms with van der Waals surface area (Å²) in [5, 5.41) is 1.52. The Balaban J connectivity index is 1.93. The normalized spacial score (nSPS) is 11.0. The molecule has 3 aromatic rings. The highest BCUT2D eigenvalue weighted by atomic mass is 32.2. The zero-order valence-electron chi connectivity index (χ0n) is 13.9. The minimum atomic E-state index is 0.0762. The fourth-order valence-corrected chi connectivity index (χ4v) is 3.68. The van der Waals surface area contributed by atoms with Gasteiger partial charge in [-0.25, -0.2) is 4.98 Å². The van der Waals surface area contributed by atoms with Gasteiger partial charge in [0, 0.05) is 12.3 Å². The first-order valence-electron chi connectivity index (χ1n) is 8.46. The van der Waals surface area contributed by atoms with E-state index in [1.807, 2.05) is 47.0 Å². The highest BCUT2D eigenvalue weighted by Gasteiger charge is 2.11. The summed E-state index contributed by atoms with van der Waals surface area (Å²) in [6.45, 7) is 2.91. The largest absolute Gasteiger partial charge is 0.287 e. The van der Waals surface area contributed by atoms with E-state index < -0.39 is 0 Å². The van der Waals surface area contributed by atoms with Crippen molar-refractivity contribution in [2.75, 3.05) is 0 Å². The quantitative estimate of drug-likeness (QED) is 0.350. The Kier molecular flexibility index (Phi) is 5.70. The molecule has 3 rings (SSSR count). The van der Waals surface area contributed by atoms with Gasteiger partial charge in [-0.05, 0) is 24.1 Å². The molecular formula is C20H22N2OS. The van der Waals surface area contributed by atoms with E-state index in [1.165, 1.54) is 5.56 Å². The van der Waals surface area contributed by atoms with Gasteiger partial charge in [-0.2, -0.15) is 0 Å². The molecule has 0 bridgehead atoms. The summed E-state index contributed by atoms with van der Waals surface area (Å²) in [5.74, 6) is 0.819. The van der Waals surface area contributed by atoms with Crippen LogP contribution in [0.25, 0.3) is 10.9 Å². The summed E-state index contributed by atoms with van der Waals surface area (Å²) < 4.78 is 1.85. The molecule has 0 fully saturated rings. The fourth-order valence-electron chi connectivity index (χ4n) is 2.70. The van der Waals surface area contributed by atoms with E-state index in [4.69, 9.17) is 4.98 Å². The average molecular weight is 338 g/mol. The maximum Gasteiger partial charge on any atom is 0.262 e. The number of hydrogen-bond acceptors (Lipinski definition) is 3. The molecule has 0 amide bonds. The molecule has 0 N–H and O–H groups in total. The summed E-state index contributed by atoms with van der Waals surface area (Å²) in [6, 6.07) is 17.9. The smallest absolute Gasteiger partial charge is 0.262 e. The zero-order valence-corrected chi connectivity index (χ0v) is 14.8. The second-order valence-electron chi connectivity index (χ2n) is 5.85. The number of thioether (sulfide) groups is 1. The van der Waals surface area contributed by atoms with Crippen LogP contribution in [0.2, 0.25) is 0 Å². The molecule has 124 valence electrons. The van der Waals surface area contributed by atoms with Gasteiger partial charge in [0.2, 0.25) is 0 Å². The lowest BCUT2D eigenvalue weighted by molar-refractivity contribution is 0.541. The van der Waals surface area contributed by atoms with Crippen LogP contribution in [-0.2, 0) is 12.3 Å². The topological polar surface area (TPSA) is 34.9 Å². The van der Waals surface area contributed by atoms with Crippen molar-refractivity contribution in [2.24, 2.45) is 0 Å². The number of nitrogens with zero attached hydrogens (tertiary/aromatic N) is 2. The van der Waals surface area contributed by atoms with Gasteiger partial charge in [0.05, 0.1) is 10.9 Å². The minimum absolute atomic E-state index is 0.0762. The van der Waals surface area contributed by atoms with Gasteiger partial charge in [0.25, 0.3) is 5.56 Å². The van der Waals surface area contributed by atoms with Crippen molar-refractivity contribution in [1.82, 2.24) is 9.55 Å². The maximum atomic E-state index is 12.9. The highest BCUT2D eigenvalue weighted by molar-refractivity contribution is 7.98. The average Bonchev–Trinajstić information content (AvgIpc) is 2.63. The second-order valence-corrected chi connectivity index (χ2v) is 6.79. The zero-order chi connectivity index (χ0) is 16.8. The van der Waals surface area contributed by atoms with Crippen LogP contribution in [0.15, 0.2) is 64.5 Å². The molecule has 0 aliphatic rings. The predicted octanol–water partition coefficient (Wildman–Crippen LogP) is 4.88. The minimum Gasteiger partial charge on any atom is -0.287 e. The van der Waals surface area contributed by atoms with E-state index in [0.717, 1.165) is 42.2 Å². The summed E-state index contributed by atoms with van der Waals surface area (Å²) in [4.78, 5) is 17.6. The van der Waals surface area contributed by atoms with Crippen LogP contribution < -0.4 is 5.56 Å². The predicted molar refractivity (Wildman–Crippen MR) is 102 cm³/mol. The third kappa shape index (κ3) is 3.88. The summed E-state index contributed by atoms with van der Waals surface area (Å²) >= 11 is 1.64. The maximum absolute atomic E-state index is 12.9. The Labute approximate surface area is 146 Å². The van der Waals surface area contributed by atoms with E-state index in [9.17, 15) is 4.79 Å². The molecule has 3 nitrogen and oxygen atoms in total. The van der Waals surface area contributed by atoms with Gasteiger partial charge in [0.15, 0.2) is 5.16 Å². The Bertz CT molecular complexity index is 858. The first-order valence-corrected chi connectivity index (χ1v) is 9.44. The number of hydrogen-bond donors (Lipinski definition) is 0. The summed E-state index contributed by atoms with van der Waals surface area (Å²) in [6.07, 6.45) is 3.28. The molecule has 24 heavy (non-hydrogen) atoms. The van der Waals surface area contributed by atoms with Gasteiger partial charge in [-0.15, -0.1) is 0 Å². The van der Waals surface area contributed by atoms with Gasteiger partial charge >= 0.3 is 0 Å². The van der Waals surface area contributed by atoms with Crippen molar-refractivity contribution in [3.05, 3.63) is 70.5 Å². The van der Waals surface area contributed by atoms with Crippen molar-refractivity contribution in [2.45, 2.75) is 43.6 Å². The molecule has 0 spiro atoms. The Morgan fingerprint density at radius 1 is 1.00 bits per heavy atom. The molecule has 0 atom stereocenters. The Morgan fingerprint density at radius 3 is 2.54 bits per heavy atom. The lowest BCUT2D eigenvalue weighted by Crippen LogP contribution is -2.23. The van der Waals surface area contributed by atoms with Gasteiger partial charge in [-0.1, -0.05) is 74.0 Å². The number of benzene rings is 2. The van der Waals surface area contributed by atoms with Gasteiger partial charge in [-0.3, -0.25) is 9.36 Å². The van der Waals surface area contributed by atoms with Crippen LogP contribution in [0.1, 0.15) is 31.7 Å². The lowest BCUT2D eigenvalue weighted by atomic mass is 10.2. The number of aromatic nitrogens is 2. The second kappa shape index (κ2) is 8.15. The van der Waals surface area contributed by atoms with Crippen LogP contribution in [0.5, 0.6) is 0 Å². The number of para-hydroxylation sites is 1. The third-order valence-electron chi connectivity index (χ3n) is 4.02. The molecule has 0 saturated heterocycles. The number of fused-ring (bicyclic) bond motifs is 1. The van der Waals surface area contributed by atoms with Crippen molar-refractivity contribution in [3.8, 4) is 0 Å². The van der Waals surface area contributed by atoms with Crippen molar-refractivity contribution in [3.63, 3.8) is 0 Å². The first-order chi connectivity index (χ1) is 11.8. The monoisotopic (exact) mass is 338 g/mol. The lowest BCUT2D eigenvalue weighted by Gasteiger charge is -2.13. The van der Waals surface area contributed by atoms with Gasteiger partial charge in [0.1, 0.15) is 0 Å². The molecule has 0 aliphatic carbocycles. The number of unbranched alkanes of at least 4 members (excludes halogenated alkanes) is 2. The standard InChI is InChI=1S/C20H22N2OS/c1-2-3-9-14-22-19(23)17-12-7-8-13-18(17)21-20(22)24-15-16-10-5-4-6-11-16/h4-8,10-13H,2-3,9,14-15H2,1H3. The summed E-state index contributed by atoms with van der Waals surface area (Å²) in [7, 11) is 0. The molecule has 0 aliphatic heterocycles. The van der Waals surface area contributed by atoms with Crippen molar-refractivity contribution < 1.29 is 0 Å². The van der Waals surface area contributed by atoms with Crippen molar-refractivity contribution >= 4 is 22.7 Å². The Morgan fingerprint density at radius 2 is 1.75 bits per heavy atom. The Hall–Kier alpha value is -2.07. The van der Waals surface area contributed by atoms with Crippen LogP contribution in [0.3, 0.4) is 0 Å². The molecule has 0 unspecified atom stereocenters. The molecular weight excluding hydrogens is 316 g/mol. The van der Waals surface area contributed by atoms with E-state index in [-0.39, 0.29) is 5.56 Å². The van der Waals surface area contributed by atoms with Crippen LogP contribution in [0, 0.1) is 0 Å². The van der Waals surface area contributed by atoms with E-state index in [1.54, 1.807) is 11.8 Å². The van der Waals surface area contributed by atoms with Gasteiger partial charge < -0.3 is 0 Å². The van der Waals surface area contributed by atoms with E-state index in [2.05, 4.69) is 19.1 Å². The van der Waals surface area contributed by atoms with Crippen LogP contribution >= 0.6 is 11.8 Å². The molecule has 1 aromatic heterocycles. The SMILES string of the molecule is CCCCCn1c(SCc2ccccc2)nc2ccccc2c1=O. The summed E-state index contributed by atoms with van der Waals surface area (Å²) in [5.41, 5.74) is 2.10. The van der Waals surface area contributed by atoms with Crippen LogP contribution in [-0.4, -0.2) is 9.55 Å². The highest BCUT2D eigenvalue weighted by Crippen LogP contribution is 2.22. The number of rotatable bonds is 7. The van der Waals surface area contributed by atoms with E-state index >= 15 is 0 Å². The van der Waals surface area contributed by atoms with E-state index in [0.29, 0.717) is 5.39 Å². The fraction of sp³-hybridized carbons (Fsp3) is 0.300. The molecule has 0 saturated carbocycles. The van der Waals surface area contributed by atoms with Crippen LogP contribution in [0.4, 0.5) is 0 Å². The first kappa shape index (κ1) is 16.8. The molecule has 0 radical (unpaired) electrons. The van der Waals surface area contributed by atoms with Crippen molar-refractivity contribution in [1.29, 1.82) is 0 Å². The molecule has 2 aromatic carbocycles. The molecule has 1 heterocycles.